The maximum absolute atomic E-state index is 4.57. The fourth-order valence-corrected chi connectivity index (χ4v) is 5.91. The van der Waals surface area contributed by atoms with Crippen molar-refractivity contribution in [3.63, 3.8) is 0 Å². The van der Waals surface area contributed by atoms with E-state index in [-0.39, 0.29) is 0 Å². The number of fused-ring (bicyclic) bond motifs is 3. The van der Waals surface area contributed by atoms with E-state index < -0.39 is 0 Å². The van der Waals surface area contributed by atoms with Gasteiger partial charge in [-0.25, -0.2) is 9.97 Å². The van der Waals surface area contributed by atoms with Gasteiger partial charge in [-0.05, 0) is 59.7 Å². The number of benzene rings is 5. The SMILES string of the molecule is c1ccc(-c2ncnc3cc(-c4ccc(N5c6ccccc6Sc6ccccc65)cc4)ccc23)cc1. The zero-order valence-corrected chi connectivity index (χ0v) is 20.2. The summed E-state index contributed by atoms with van der Waals surface area (Å²) in [7, 11) is 0. The molecule has 0 aliphatic carbocycles. The van der Waals surface area contributed by atoms with Crippen LogP contribution in [0.15, 0.2) is 137 Å². The van der Waals surface area contributed by atoms with Gasteiger partial charge in [-0.2, -0.15) is 0 Å². The second-order valence-electron chi connectivity index (χ2n) is 8.74. The van der Waals surface area contributed by atoms with Crippen LogP contribution in [0.25, 0.3) is 33.3 Å². The topological polar surface area (TPSA) is 29.0 Å². The Balaban J connectivity index is 1.27. The number of anilines is 3. The molecule has 1 aliphatic heterocycles. The van der Waals surface area contributed by atoms with E-state index in [0.29, 0.717) is 0 Å². The normalized spacial score (nSPS) is 12.3. The maximum Gasteiger partial charge on any atom is 0.116 e. The lowest BCUT2D eigenvalue weighted by Gasteiger charge is -2.32. The molecule has 6 aromatic rings. The van der Waals surface area contributed by atoms with Crippen LogP contribution in [0.3, 0.4) is 0 Å². The van der Waals surface area contributed by atoms with E-state index >= 15 is 0 Å². The highest BCUT2D eigenvalue weighted by atomic mass is 32.2. The van der Waals surface area contributed by atoms with Crippen molar-refractivity contribution in [3.05, 3.63) is 128 Å². The maximum atomic E-state index is 4.57. The molecule has 0 radical (unpaired) electrons. The summed E-state index contributed by atoms with van der Waals surface area (Å²) in [6.07, 6.45) is 1.65. The van der Waals surface area contributed by atoms with Crippen molar-refractivity contribution >= 4 is 39.7 Å². The van der Waals surface area contributed by atoms with E-state index in [1.54, 1.807) is 6.33 Å². The van der Waals surface area contributed by atoms with E-state index in [1.165, 1.54) is 21.2 Å². The lowest BCUT2D eigenvalue weighted by Crippen LogP contribution is -2.14. The Kier molecular flexibility index (Phi) is 5.04. The number of aromatic nitrogens is 2. The summed E-state index contributed by atoms with van der Waals surface area (Å²) in [5, 5.41) is 1.06. The Hall–Kier alpha value is -4.41. The van der Waals surface area contributed by atoms with E-state index in [4.69, 9.17) is 0 Å². The van der Waals surface area contributed by atoms with Crippen LogP contribution < -0.4 is 4.90 Å². The van der Waals surface area contributed by atoms with Crippen molar-refractivity contribution in [3.8, 4) is 22.4 Å². The van der Waals surface area contributed by atoms with Crippen LogP contribution in [0.5, 0.6) is 0 Å². The summed E-state index contributed by atoms with van der Waals surface area (Å²) >= 11 is 1.83. The van der Waals surface area contributed by atoms with Crippen molar-refractivity contribution in [2.75, 3.05) is 4.90 Å². The molecule has 0 N–H and O–H groups in total. The first-order chi connectivity index (χ1) is 17.8. The van der Waals surface area contributed by atoms with Crippen molar-refractivity contribution in [2.45, 2.75) is 9.79 Å². The minimum Gasteiger partial charge on any atom is -0.308 e. The van der Waals surface area contributed by atoms with E-state index in [0.717, 1.165) is 39.0 Å². The second-order valence-corrected chi connectivity index (χ2v) is 9.82. The molecular weight excluding hydrogens is 458 g/mol. The molecule has 1 aromatic heterocycles. The monoisotopic (exact) mass is 479 g/mol. The Labute approximate surface area is 214 Å². The standard InChI is InChI=1S/C32H21N3S/c1-2-8-23(9-3-1)32-26-19-16-24(20-27(26)33-21-34-32)22-14-17-25(18-15-22)35-28-10-4-6-12-30(28)36-31-13-7-5-11-29(31)35/h1-21H. The average molecular weight is 480 g/mol. The van der Waals surface area contributed by atoms with Crippen LogP contribution in [-0.2, 0) is 0 Å². The molecule has 5 aromatic carbocycles. The zero-order chi connectivity index (χ0) is 23.9. The van der Waals surface area contributed by atoms with Crippen LogP contribution in [-0.4, -0.2) is 9.97 Å². The molecule has 170 valence electrons. The molecule has 36 heavy (non-hydrogen) atoms. The van der Waals surface area contributed by atoms with Gasteiger partial charge in [0.15, 0.2) is 0 Å². The quantitative estimate of drug-likeness (QED) is 0.253. The fraction of sp³-hybridized carbons (Fsp3) is 0. The van der Waals surface area contributed by atoms with Crippen molar-refractivity contribution in [1.82, 2.24) is 9.97 Å². The van der Waals surface area contributed by atoms with E-state index in [9.17, 15) is 0 Å². The van der Waals surface area contributed by atoms with Gasteiger partial charge in [-0.1, -0.05) is 84.6 Å². The summed E-state index contributed by atoms with van der Waals surface area (Å²) in [5.74, 6) is 0. The second kappa shape index (κ2) is 8.67. The van der Waals surface area contributed by atoms with Gasteiger partial charge in [0.2, 0.25) is 0 Å². The predicted octanol–water partition coefficient (Wildman–Crippen LogP) is 8.90. The third-order valence-corrected chi connectivity index (χ3v) is 7.71. The Morgan fingerprint density at radius 2 is 1.17 bits per heavy atom. The van der Waals surface area contributed by atoms with Gasteiger partial charge in [0.25, 0.3) is 0 Å². The molecule has 0 atom stereocenters. The molecule has 0 saturated heterocycles. The molecular formula is C32H21N3S. The van der Waals surface area contributed by atoms with Crippen LogP contribution in [0.1, 0.15) is 0 Å². The number of hydrogen-bond acceptors (Lipinski definition) is 4. The Bertz CT molecular complexity index is 1670. The van der Waals surface area contributed by atoms with Crippen LogP contribution in [0, 0.1) is 0 Å². The van der Waals surface area contributed by atoms with E-state index in [2.05, 4.69) is 118 Å². The highest BCUT2D eigenvalue weighted by Crippen LogP contribution is 2.51. The van der Waals surface area contributed by atoms with Gasteiger partial charge in [-0.3, -0.25) is 0 Å². The minimum atomic E-state index is 0.946. The van der Waals surface area contributed by atoms with Gasteiger partial charge in [0.05, 0.1) is 22.6 Å². The summed E-state index contributed by atoms with van der Waals surface area (Å²) in [4.78, 5) is 14.0. The summed E-state index contributed by atoms with van der Waals surface area (Å²) in [5.41, 5.74) is 8.88. The highest BCUT2D eigenvalue weighted by molar-refractivity contribution is 7.99. The highest BCUT2D eigenvalue weighted by Gasteiger charge is 2.24. The first-order valence-electron chi connectivity index (χ1n) is 11.9. The summed E-state index contributed by atoms with van der Waals surface area (Å²) in [6, 6.07) is 42.7. The molecule has 3 nitrogen and oxygen atoms in total. The smallest absolute Gasteiger partial charge is 0.116 e. The number of hydrogen-bond donors (Lipinski definition) is 0. The molecule has 2 heterocycles. The zero-order valence-electron chi connectivity index (χ0n) is 19.4. The summed E-state index contributed by atoms with van der Waals surface area (Å²) < 4.78 is 0. The largest absolute Gasteiger partial charge is 0.308 e. The molecule has 0 bridgehead atoms. The van der Waals surface area contributed by atoms with Crippen LogP contribution in [0.4, 0.5) is 17.1 Å². The minimum absolute atomic E-state index is 0.946. The fourth-order valence-electron chi connectivity index (χ4n) is 4.85. The number of para-hydroxylation sites is 2. The van der Waals surface area contributed by atoms with E-state index in [1.807, 2.05) is 30.0 Å². The average Bonchev–Trinajstić information content (AvgIpc) is 2.96. The Morgan fingerprint density at radius 3 is 1.89 bits per heavy atom. The lowest BCUT2D eigenvalue weighted by molar-refractivity contribution is 1.17. The number of nitrogens with zero attached hydrogens (tertiary/aromatic N) is 3. The van der Waals surface area contributed by atoms with Crippen molar-refractivity contribution in [1.29, 1.82) is 0 Å². The third-order valence-electron chi connectivity index (χ3n) is 6.57. The van der Waals surface area contributed by atoms with Gasteiger partial charge in [0.1, 0.15) is 6.33 Å². The Morgan fingerprint density at radius 1 is 0.528 bits per heavy atom. The molecule has 0 unspecified atom stereocenters. The van der Waals surface area contributed by atoms with Gasteiger partial charge in [0, 0.05) is 26.4 Å². The molecule has 4 heteroatoms. The van der Waals surface area contributed by atoms with Crippen molar-refractivity contribution in [2.24, 2.45) is 0 Å². The summed E-state index contributed by atoms with van der Waals surface area (Å²) in [6.45, 7) is 0. The lowest BCUT2D eigenvalue weighted by atomic mass is 10.0. The van der Waals surface area contributed by atoms with Gasteiger partial charge >= 0.3 is 0 Å². The van der Waals surface area contributed by atoms with Gasteiger partial charge in [-0.15, -0.1) is 0 Å². The molecule has 0 fully saturated rings. The first-order valence-corrected chi connectivity index (χ1v) is 12.7. The van der Waals surface area contributed by atoms with Gasteiger partial charge < -0.3 is 4.90 Å². The molecule has 7 rings (SSSR count). The van der Waals surface area contributed by atoms with Crippen LogP contribution in [0.2, 0.25) is 0 Å². The third kappa shape index (κ3) is 3.55. The number of rotatable bonds is 3. The molecule has 0 saturated carbocycles. The van der Waals surface area contributed by atoms with Crippen LogP contribution >= 0.6 is 11.8 Å². The molecule has 0 amide bonds. The first kappa shape index (κ1) is 20.9. The molecule has 0 spiro atoms. The predicted molar refractivity (Wildman–Crippen MR) is 149 cm³/mol. The van der Waals surface area contributed by atoms with Crippen molar-refractivity contribution < 1.29 is 0 Å². The molecule has 1 aliphatic rings.